The zero-order valence-corrected chi connectivity index (χ0v) is 11.6. The molecular formula is C14H18N2O4. The Morgan fingerprint density at radius 2 is 2.25 bits per heavy atom. The van der Waals surface area contributed by atoms with Crippen LogP contribution in [0.4, 0.5) is 0 Å². The molecule has 1 aromatic heterocycles. The third-order valence-electron chi connectivity index (χ3n) is 3.51. The largest absolute Gasteiger partial charge is 0.480 e. The first-order valence-corrected chi connectivity index (χ1v) is 6.61. The van der Waals surface area contributed by atoms with E-state index in [1.54, 1.807) is 12.3 Å². The van der Waals surface area contributed by atoms with Crippen molar-refractivity contribution in [3.8, 4) is 5.88 Å². The molecule has 1 amide bonds. The molecular weight excluding hydrogens is 260 g/mol. The van der Waals surface area contributed by atoms with Gasteiger partial charge in [-0.05, 0) is 18.9 Å². The third kappa shape index (κ3) is 2.89. The van der Waals surface area contributed by atoms with Crippen LogP contribution in [0.25, 0.3) is 0 Å². The average molecular weight is 278 g/mol. The number of aliphatic carboxylic acids is 1. The Kier molecular flexibility index (Phi) is 4.22. The zero-order valence-electron chi connectivity index (χ0n) is 11.6. The molecule has 2 atom stereocenters. The van der Waals surface area contributed by atoms with Crippen molar-refractivity contribution >= 4 is 11.9 Å². The van der Waals surface area contributed by atoms with Crippen LogP contribution in [0, 0.1) is 0 Å². The number of nitrogens with zero attached hydrogens (tertiary/aromatic N) is 2. The molecule has 20 heavy (non-hydrogen) atoms. The molecule has 6 nitrogen and oxygen atoms in total. The van der Waals surface area contributed by atoms with Crippen molar-refractivity contribution in [3.05, 3.63) is 23.9 Å². The highest BCUT2D eigenvalue weighted by Crippen LogP contribution is 2.32. The Bertz CT molecular complexity index is 478. The minimum Gasteiger partial charge on any atom is -0.480 e. The number of hydrogen-bond acceptors (Lipinski definition) is 4. The predicted octanol–water partition coefficient (Wildman–Crippen LogP) is 1.27. The van der Waals surface area contributed by atoms with Crippen molar-refractivity contribution in [2.75, 3.05) is 13.2 Å². The van der Waals surface area contributed by atoms with E-state index in [1.807, 2.05) is 13.0 Å². The van der Waals surface area contributed by atoms with Crippen LogP contribution >= 0.6 is 0 Å². The summed E-state index contributed by atoms with van der Waals surface area (Å²) < 4.78 is 5.27. The van der Waals surface area contributed by atoms with Crippen LogP contribution in [0.3, 0.4) is 0 Å². The molecule has 6 heteroatoms. The number of carboxylic acids is 1. The molecule has 1 fully saturated rings. The number of ether oxygens (including phenoxy) is 1. The number of hydrogen-bond donors (Lipinski definition) is 1. The van der Waals surface area contributed by atoms with Gasteiger partial charge < -0.3 is 14.7 Å². The van der Waals surface area contributed by atoms with Gasteiger partial charge in [0.15, 0.2) is 0 Å². The highest BCUT2D eigenvalue weighted by Gasteiger charge is 2.38. The van der Waals surface area contributed by atoms with Gasteiger partial charge in [-0.15, -0.1) is 0 Å². The molecule has 0 aromatic carbocycles. The van der Waals surface area contributed by atoms with E-state index in [2.05, 4.69) is 4.98 Å². The number of amides is 1. The Labute approximate surface area is 117 Å². The van der Waals surface area contributed by atoms with Gasteiger partial charge in [0.05, 0.1) is 6.61 Å². The standard InChI is InChI=1S/C14H18N2O4/c1-3-20-13-5-4-10(7-15-13)11-6-12(14(18)19)16(8-11)9(2)17/h4-5,7,11-12H,3,6,8H2,1-2H3,(H,18,19). The second kappa shape index (κ2) is 5.90. The first kappa shape index (κ1) is 14.3. The van der Waals surface area contributed by atoms with Crippen molar-refractivity contribution in [2.45, 2.75) is 32.2 Å². The molecule has 0 radical (unpaired) electrons. The maximum absolute atomic E-state index is 11.5. The lowest BCUT2D eigenvalue weighted by Gasteiger charge is -2.19. The molecule has 1 N–H and O–H groups in total. The molecule has 0 aliphatic carbocycles. The fourth-order valence-corrected chi connectivity index (χ4v) is 2.53. The second-order valence-corrected chi connectivity index (χ2v) is 4.82. The average Bonchev–Trinajstić information content (AvgIpc) is 2.85. The molecule has 2 rings (SSSR count). The molecule has 1 aliphatic rings. The lowest BCUT2D eigenvalue weighted by molar-refractivity contribution is -0.147. The molecule has 0 spiro atoms. The van der Waals surface area contributed by atoms with Crippen LogP contribution in [0.15, 0.2) is 18.3 Å². The number of carboxylic acid groups (broad SMARTS) is 1. The summed E-state index contributed by atoms with van der Waals surface area (Å²) in [6.45, 7) is 4.25. The number of likely N-dealkylation sites (tertiary alicyclic amines) is 1. The summed E-state index contributed by atoms with van der Waals surface area (Å²) >= 11 is 0. The third-order valence-corrected chi connectivity index (χ3v) is 3.51. The summed E-state index contributed by atoms with van der Waals surface area (Å²) in [6, 6.07) is 2.90. The summed E-state index contributed by atoms with van der Waals surface area (Å²) in [6.07, 6.45) is 2.11. The molecule has 108 valence electrons. The Hall–Kier alpha value is -2.11. The monoisotopic (exact) mass is 278 g/mol. The van der Waals surface area contributed by atoms with Gasteiger partial charge in [0, 0.05) is 31.6 Å². The minimum absolute atomic E-state index is 0.00294. The first-order chi connectivity index (χ1) is 9.52. The smallest absolute Gasteiger partial charge is 0.326 e. The minimum atomic E-state index is -0.957. The number of aromatic nitrogens is 1. The molecule has 0 saturated carbocycles. The highest BCUT2D eigenvalue weighted by atomic mass is 16.5. The van der Waals surface area contributed by atoms with Crippen LogP contribution in [-0.2, 0) is 9.59 Å². The van der Waals surface area contributed by atoms with Crippen molar-refractivity contribution in [1.82, 2.24) is 9.88 Å². The first-order valence-electron chi connectivity index (χ1n) is 6.61. The lowest BCUT2D eigenvalue weighted by atomic mass is 9.98. The molecule has 1 saturated heterocycles. The zero-order chi connectivity index (χ0) is 14.7. The predicted molar refractivity (Wildman–Crippen MR) is 71.6 cm³/mol. The van der Waals surface area contributed by atoms with Gasteiger partial charge >= 0.3 is 5.97 Å². The fraction of sp³-hybridized carbons (Fsp3) is 0.500. The molecule has 2 unspecified atom stereocenters. The molecule has 1 aliphatic heterocycles. The summed E-state index contributed by atoms with van der Waals surface area (Å²) in [5.41, 5.74) is 0.934. The van der Waals surface area contributed by atoms with E-state index in [9.17, 15) is 14.7 Å². The van der Waals surface area contributed by atoms with Gasteiger partial charge in [-0.1, -0.05) is 6.07 Å². The van der Waals surface area contributed by atoms with Gasteiger partial charge in [0.2, 0.25) is 11.8 Å². The summed E-state index contributed by atoms with van der Waals surface area (Å²) in [4.78, 5) is 28.3. The Morgan fingerprint density at radius 1 is 1.50 bits per heavy atom. The number of rotatable bonds is 4. The van der Waals surface area contributed by atoms with E-state index < -0.39 is 12.0 Å². The lowest BCUT2D eigenvalue weighted by Crippen LogP contribution is -2.39. The quantitative estimate of drug-likeness (QED) is 0.897. The maximum Gasteiger partial charge on any atom is 0.326 e. The van der Waals surface area contributed by atoms with Crippen LogP contribution < -0.4 is 4.74 Å². The molecule has 1 aromatic rings. The number of pyridine rings is 1. The van der Waals surface area contributed by atoms with E-state index in [1.165, 1.54) is 11.8 Å². The van der Waals surface area contributed by atoms with Gasteiger partial charge in [0.1, 0.15) is 6.04 Å². The second-order valence-electron chi connectivity index (χ2n) is 4.82. The van der Waals surface area contributed by atoms with Crippen LogP contribution in [0.2, 0.25) is 0 Å². The summed E-state index contributed by atoms with van der Waals surface area (Å²) in [5.74, 6) is -0.615. The fourth-order valence-electron chi connectivity index (χ4n) is 2.53. The Balaban J connectivity index is 2.14. The van der Waals surface area contributed by atoms with Gasteiger partial charge in [-0.3, -0.25) is 4.79 Å². The van der Waals surface area contributed by atoms with Crippen molar-refractivity contribution in [2.24, 2.45) is 0 Å². The van der Waals surface area contributed by atoms with Gasteiger partial charge in [-0.2, -0.15) is 0 Å². The SMILES string of the molecule is CCOc1ccc(C2CC(C(=O)O)N(C(C)=O)C2)cn1. The van der Waals surface area contributed by atoms with Crippen molar-refractivity contribution in [3.63, 3.8) is 0 Å². The van der Waals surface area contributed by atoms with E-state index in [0.29, 0.717) is 25.5 Å². The molecule has 2 heterocycles. The van der Waals surface area contributed by atoms with Crippen molar-refractivity contribution in [1.29, 1.82) is 0 Å². The van der Waals surface area contributed by atoms with E-state index in [0.717, 1.165) is 5.56 Å². The normalized spacial score (nSPS) is 21.8. The molecule has 0 bridgehead atoms. The van der Waals surface area contributed by atoms with Gasteiger partial charge in [-0.25, -0.2) is 9.78 Å². The van der Waals surface area contributed by atoms with Gasteiger partial charge in [0.25, 0.3) is 0 Å². The summed E-state index contributed by atoms with van der Waals surface area (Å²) in [7, 11) is 0. The number of carbonyl (C=O) groups is 2. The van der Waals surface area contributed by atoms with E-state index >= 15 is 0 Å². The Morgan fingerprint density at radius 3 is 2.70 bits per heavy atom. The van der Waals surface area contributed by atoms with E-state index in [-0.39, 0.29) is 11.8 Å². The maximum atomic E-state index is 11.5. The van der Waals surface area contributed by atoms with Crippen LogP contribution in [0.5, 0.6) is 5.88 Å². The van der Waals surface area contributed by atoms with E-state index in [4.69, 9.17) is 4.74 Å². The number of carbonyl (C=O) groups excluding carboxylic acids is 1. The van der Waals surface area contributed by atoms with Crippen molar-refractivity contribution < 1.29 is 19.4 Å². The summed E-state index contributed by atoms with van der Waals surface area (Å²) in [5, 5.41) is 9.18. The highest BCUT2D eigenvalue weighted by molar-refractivity contribution is 5.83. The van der Waals surface area contributed by atoms with Crippen LogP contribution in [-0.4, -0.2) is 46.1 Å². The topological polar surface area (TPSA) is 79.7 Å². The van der Waals surface area contributed by atoms with Crippen LogP contribution in [0.1, 0.15) is 31.7 Å².